The van der Waals surface area contributed by atoms with E-state index in [1.165, 1.54) is 64.7 Å². The molecule has 1 N–H and O–H groups in total. The molecule has 1 saturated carbocycles. The lowest BCUT2D eigenvalue weighted by Crippen LogP contribution is -2.48. The van der Waals surface area contributed by atoms with Crippen molar-refractivity contribution in [3.05, 3.63) is 0 Å². The molecule has 1 aliphatic heterocycles. The van der Waals surface area contributed by atoms with Gasteiger partial charge in [-0.25, -0.2) is 0 Å². The van der Waals surface area contributed by atoms with Crippen molar-refractivity contribution in [2.75, 3.05) is 26.2 Å². The molecule has 0 aromatic heterocycles. The van der Waals surface area contributed by atoms with Crippen LogP contribution in [0.2, 0.25) is 0 Å². The topological polar surface area (TPSA) is 15.3 Å². The lowest BCUT2D eigenvalue weighted by atomic mass is 9.77. The predicted octanol–water partition coefficient (Wildman–Crippen LogP) is 3.52. The molecule has 19 heavy (non-hydrogen) atoms. The zero-order valence-corrected chi connectivity index (χ0v) is 13.3. The lowest BCUT2D eigenvalue weighted by Gasteiger charge is -2.43. The van der Waals surface area contributed by atoms with Crippen molar-refractivity contribution in [1.29, 1.82) is 0 Å². The second-order valence-electron chi connectivity index (χ2n) is 7.04. The van der Waals surface area contributed by atoms with Gasteiger partial charge in [-0.1, -0.05) is 33.6 Å². The van der Waals surface area contributed by atoms with E-state index < -0.39 is 0 Å². The fourth-order valence-corrected chi connectivity index (χ4v) is 4.16. The first-order valence-corrected chi connectivity index (χ1v) is 8.67. The number of nitrogens with zero attached hydrogens (tertiary/aromatic N) is 1. The summed E-state index contributed by atoms with van der Waals surface area (Å²) in [5.74, 6) is 2.70. The van der Waals surface area contributed by atoms with Gasteiger partial charge in [-0.3, -0.25) is 4.90 Å². The van der Waals surface area contributed by atoms with E-state index in [1.54, 1.807) is 0 Å². The van der Waals surface area contributed by atoms with Crippen LogP contribution >= 0.6 is 0 Å². The molecule has 1 saturated heterocycles. The van der Waals surface area contributed by atoms with Crippen LogP contribution in [0.15, 0.2) is 0 Å². The van der Waals surface area contributed by atoms with Gasteiger partial charge in [-0.05, 0) is 63.1 Å². The Bertz CT molecular complexity index is 248. The van der Waals surface area contributed by atoms with Crippen LogP contribution < -0.4 is 5.32 Å². The Labute approximate surface area is 120 Å². The Kier molecular flexibility index (Phi) is 6.15. The maximum atomic E-state index is 3.58. The molecule has 2 aliphatic rings. The van der Waals surface area contributed by atoms with Gasteiger partial charge in [0.05, 0.1) is 0 Å². The molecule has 2 rings (SSSR count). The summed E-state index contributed by atoms with van der Waals surface area (Å²) >= 11 is 0. The van der Waals surface area contributed by atoms with Crippen molar-refractivity contribution in [2.45, 2.75) is 65.3 Å². The van der Waals surface area contributed by atoms with Crippen molar-refractivity contribution in [3.63, 3.8) is 0 Å². The van der Waals surface area contributed by atoms with Crippen LogP contribution in [0.1, 0.15) is 59.3 Å². The zero-order chi connectivity index (χ0) is 13.7. The van der Waals surface area contributed by atoms with Crippen LogP contribution in [0, 0.1) is 17.8 Å². The third-order valence-corrected chi connectivity index (χ3v) is 5.54. The molecule has 0 amide bonds. The van der Waals surface area contributed by atoms with Crippen molar-refractivity contribution >= 4 is 0 Å². The van der Waals surface area contributed by atoms with Gasteiger partial charge in [0.25, 0.3) is 0 Å². The molecule has 1 aliphatic carbocycles. The highest BCUT2D eigenvalue weighted by Crippen LogP contribution is 2.33. The van der Waals surface area contributed by atoms with E-state index in [-0.39, 0.29) is 0 Å². The highest BCUT2D eigenvalue weighted by Gasteiger charge is 2.32. The van der Waals surface area contributed by atoms with Crippen LogP contribution in [0.3, 0.4) is 0 Å². The van der Waals surface area contributed by atoms with Crippen LogP contribution in [0.25, 0.3) is 0 Å². The molecular formula is C17H34N2. The lowest BCUT2D eigenvalue weighted by molar-refractivity contribution is 0.0639. The highest BCUT2D eigenvalue weighted by atomic mass is 15.2. The van der Waals surface area contributed by atoms with E-state index in [0.29, 0.717) is 0 Å². The van der Waals surface area contributed by atoms with E-state index in [0.717, 1.165) is 23.8 Å². The highest BCUT2D eigenvalue weighted by molar-refractivity contribution is 4.86. The summed E-state index contributed by atoms with van der Waals surface area (Å²) in [7, 11) is 0. The molecule has 2 fully saturated rings. The van der Waals surface area contributed by atoms with Crippen molar-refractivity contribution in [3.8, 4) is 0 Å². The Morgan fingerprint density at radius 2 is 1.95 bits per heavy atom. The molecule has 0 radical (unpaired) electrons. The van der Waals surface area contributed by atoms with E-state index in [2.05, 4.69) is 31.0 Å². The van der Waals surface area contributed by atoms with Crippen molar-refractivity contribution in [2.24, 2.45) is 17.8 Å². The SMILES string of the molecule is CCCN(CC1CCCNC1)C1CCCC(C)C1C. The summed E-state index contributed by atoms with van der Waals surface area (Å²) < 4.78 is 0. The quantitative estimate of drug-likeness (QED) is 0.819. The summed E-state index contributed by atoms with van der Waals surface area (Å²) in [6.45, 7) is 12.4. The second-order valence-corrected chi connectivity index (χ2v) is 7.04. The van der Waals surface area contributed by atoms with Gasteiger partial charge in [-0.15, -0.1) is 0 Å². The number of nitrogens with one attached hydrogen (secondary N) is 1. The largest absolute Gasteiger partial charge is 0.316 e. The first-order valence-electron chi connectivity index (χ1n) is 8.67. The Morgan fingerprint density at radius 3 is 2.63 bits per heavy atom. The average molecular weight is 266 g/mol. The Hall–Kier alpha value is -0.0800. The molecule has 1 heterocycles. The first kappa shape index (κ1) is 15.3. The molecule has 4 unspecified atom stereocenters. The average Bonchev–Trinajstić information content (AvgIpc) is 2.43. The minimum atomic E-state index is 0.852. The van der Waals surface area contributed by atoms with Gasteiger partial charge >= 0.3 is 0 Å². The van der Waals surface area contributed by atoms with E-state index in [9.17, 15) is 0 Å². The third-order valence-electron chi connectivity index (χ3n) is 5.54. The summed E-state index contributed by atoms with van der Waals surface area (Å²) in [4.78, 5) is 2.85. The Balaban J connectivity index is 1.93. The fraction of sp³-hybridized carbons (Fsp3) is 1.00. The smallest absolute Gasteiger partial charge is 0.0123 e. The van der Waals surface area contributed by atoms with Gasteiger partial charge in [0, 0.05) is 12.6 Å². The van der Waals surface area contributed by atoms with E-state index in [4.69, 9.17) is 0 Å². The van der Waals surface area contributed by atoms with Gasteiger partial charge in [-0.2, -0.15) is 0 Å². The van der Waals surface area contributed by atoms with Crippen LogP contribution in [0.5, 0.6) is 0 Å². The molecule has 2 heteroatoms. The summed E-state index contributed by atoms with van der Waals surface area (Å²) in [6.07, 6.45) is 8.44. The maximum absolute atomic E-state index is 3.58. The Morgan fingerprint density at radius 1 is 1.11 bits per heavy atom. The molecule has 0 spiro atoms. The second kappa shape index (κ2) is 7.64. The van der Waals surface area contributed by atoms with Gasteiger partial charge in [0.1, 0.15) is 0 Å². The minimum absolute atomic E-state index is 0.852. The molecular weight excluding hydrogens is 232 g/mol. The molecule has 0 bridgehead atoms. The standard InChI is InChI=1S/C17H34N2/c1-4-11-19(13-16-8-6-10-18-12-16)17-9-5-7-14(2)15(17)3/h14-18H,4-13H2,1-3H3. The monoisotopic (exact) mass is 266 g/mol. The molecule has 0 aromatic carbocycles. The van der Waals surface area contributed by atoms with Crippen LogP contribution in [-0.2, 0) is 0 Å². The molecule has 2 nitrogen and oxygen atoms in total. The summed E-state index contributed by atoms with van der Waals surface area (Å²) in [5, 5.41) is 3.58. The van der Waals surface area contributed by atoms with Crippen LogP contribution in [0.4, 0.5) is 0 Å². The predicted molar refractivity (Wildman–Crippen MR) is 83.4 cm³/mol. The van der Waals surface area contributed by atoms with E-state index in [1.807, 2.05) is 0 Å². The normalized spacial score (nSPS) is 36.6. The van der Waals surface area contributed by atoms with Crippen LogP contribution in [-0.4, -0.2) is 37.1 Å². The number of rotatable bonds is 5. The van der Waals surface area contributed by atoms with Crippen molar-refractivity contribution < 1.29 is 0 Å². The van der Waals surface area contributed by atoms with Gasteiger partial charge in [0.2, 0.25) is 0 Å². The van der Waals surface area contributed by atoms with Crippen molar-refractivity contribution in [1.82, 2.24) is 10.2 Å². The minimum Gasteiger partial charge on any atom is -0.316 e. The number of hydrogen-bond acceptors (Lipinski definition) is 2. The summed E-state index contributed by atoms with van der Waals surface area (Å²) in [5.41, 5.74) is 0. The number of hydrogen-bond donors (Lipinski definition) is 1. The maximum Gasteiger partial charge on any atom is 0.0123 e. The number of piperidine rings is 1. The third kappa shape index (κ3) is 4.19. The van der Waals surface area contributed by atoms with Gasteiger partial charge in [0.15, 0.2) is 0 Å². The molecule has 4 atom stereocenters. The van der Waals surface area contributed by atoms with E-state index >= 15 is 0 Å². The summed E-state index contributed by atoms with van der Waals surface area (Å²) in [6, 6.07) is 0.852. The molecule has 112 valence electrons. The fourth-order valence-electron chi connectivity index (χ4n) is 4.16. The molecule has 0 aromatic rings. The first-order chi connectivity index (χ1) is 9.22. The zero-order valence-electron chi connectivity index (χ0n) is 13.3. The van der Waals surface area contributed by atoms with Gasteiger partial charge < -0.3 is 5.32 Å².